The number of benzene rings is 1. The van der Waals surface area contributed by atoms with Crippen molar-refractivity contribution in [1.82, 2.24) is 20.2 Å². The molecule has 0 spiro atoms. The minimum atomic E-state index is -0.299. The van der Waals surface area contributed by atoms with E-state index >= 15 is 0 Å². The van der Waals surface area contributed by atoms with Crippen LogP contribution in [-0.2, 0) is 0 Å². The highest BCUT2D eigenvalue weighted by molar-refractivity contribution is 7.12. The van der Waals surface area contributed by atoms with E-state index in [9.17, 15) is 4.39 Å². The maximum absolute atomic E-state index is 14.0. The van der Waals surface area contributed by atoms with Gasteiger partial charge in [0.15, 0.2) is 0 Å². The zero-order valence-electron chi connectivity index (χ0n) is 11.6. The molecular weight excluding hydrogens is 289 g/mol. The molecule has 5 nitrogen and oxygen atoms in total. The Balaban J connectivity index is 1.86. The predicted octanol–water partition coefficient (Wildman–Crippen LogP) is 3.34. The van der Waals surface area contributed by atoms with E-state index in [0.29, 0.717) is 11.4 Å². The van der Waals surface area contributed by atoms with E-state index in [1.165, 1.54) is 26.8 Å². The lowest BCUT2D eigenvalue weighted by Crippen LogP contribution is -2.07. The third-order valence-electron chi connectivity index (χ3n) is 3.12. The van der Waals surface area contributed by atoms with Crippen molar-refractivity contribution in [3.63, 3.8) is 0 Å². The number of tetrazole rings is 1. The molecule has 2 aromatic heterocycles. The van der Waals surface area contributed by atoms with Gasteiger partial charge in [0.25, 0.3) is 0 Å². The number of halogens is 1. The van der Waals surface area contributed by atoms with Crippen LogP contribution in [0.5, 0.6) is 0 Å². The molecule has 1 aromatic carbocycles. The molecule has 3 rings (SSSR count). The third kappa shape index (κ3) is 2.92. The lowest BCUT2D eigenvalue weighted by atomic mass is 10.2. The summed E-state index contributed by atoms with van der Waals surface area (Å²) in [5, 5.41) is 14.2. The molecule has 1 N–H and O–H groups in total. The second-order valence-electron chi connectivity index (χ2n) is 4.73. The van der Waals surface area contributed by atoms with Crippen LogP contribution >= 0.6 is 11.3 Å². The number of hydrogen-bond acceptors (Lipinski definition) is 5. The number of aromatic nitrogens is 4. The highest BCUT2D eigenvalue weighted by Gasteiger charge is 2.11. The van der Waals surface area contributed by atoms with Gasteiger partial charge in [-0.05, 0) is 54.6 Å². The number of rotatable bonds is 4. The van der Waals surface area contributed by atoms with Crippen LogP contribution in [0.15, 0.2) is 36.7 Å². The maximum atomic E-state index is 14.0. The fourth-order valence-corrected chi connectivity index (χ4v) is 2.92. The van der Waals surface area contributed by atoms with Crippen LogP contribution in [-0.4, -0.2) is 20.2 Å². The fraction of sp³-hybridized carbons (Fsp3) is 0.214. The van der Waals surface area contributed by atoms with Gasteiger partial charge in [-0.25, -0.2) is 9.07 Å². The van der Waals surface area contributed by atoms with Crippen LogP contribution in [0.3, 0.4) is 0 Å². The smallest absolute Gasteiger partial charge is 0.146 e. The monoisotopic (exact) mass is 303 g/mol. The van der Waals surface area contributed by atoms with Gasteiger partial charge in [-0.3, -0.25) is 0 Å². The van der Waals surface area contributed by atoms with Crippen molar-refractivity contribution >= 4 is 17.0 Å². The first-order valence-corrected chi connectivity index (χ1v) is 7.31. The van der Waals surface area contributed by atoms with Crippen LogP contribution in [0.4, 0.5) is 10.1 Å². The Morgan fingerprint density at radius 2 is 2.14 bits per heavy atom. The maximum Gasteiger partial charge on any atom is 0.146 e. The quantitative estimate of drug-likeness (QED) is 0.803. The molecule has 1 atom stereocenters. The summed E-state index contributed by atoms with van der Waals surface area (Å²) in [5.74, 6) is -0.299. The molecule has 21 heavy (non-hydrogen) atoms. The Kier molecular flexibility index (Phi) is 3.66. The van der Waals surface area contributed by atoms with Crippen LogP contribution in [0.1, 0.15) is 22.7 Å². The second-order valence-corrected chi connectivity index (χ2v) is 6.05. The van der Waals surface area contributed by atoms with Crippen LogP contribution in [0.25, 0.3) is 5.69 Å². The first-order valence-electron chi connectivity index (χ1n) is 6.49. The zero-order chi connectivity index (χ0) is 14.8. The predicted molar refractivity (Wildman–Crippen MR) is 80.2 cm³/mol. The van der Waals surface area contributed by atoms with E-state index in [4.69, 9.17) is 0 Å². The first-order chi connectivity index (χ1) is 10.1. The summed E-state index contributed by atoms with van der Waals surface area (Å²) >= 11 is 1.70. The molecular formula is C14H14FN5S. The molecule has 3 aromatic rings. The second kappa shape index (κ2) is 5.61. The normalized spacial score (nSPS) is 12.3. The summed E-state index contributed by atoms with van der Waals surface area (Å²) in [4.78, 5) is 2.40. The molecule has 0 radical (unpaired) electrons. The van der Waals surface area contributed by atoms with Crippen LogP contribution in [0, 0.1) is 12.7 Å². The molecule has 1 unspecified atom stereocenters. The highest BCUT2D eigenvalue weighted by Crippen LogP contribution is 2.27. The summed E-state index contributed by atoms with van der Waals surface area (Å²) in [7, 11) is 0. The fourth-order valence-electron chi connectivity index (χ4n) is 2.04. The first kappa shape index (κ1) is 13.7. The summed E-state index contributed by atoms with van der Waals surface area (Å²) < 4.78 is 15.5. The van der Waals surface area contributed by atoms with Crippen LogP contribution < -0.4 is 5.32 Å². The minimum Gasteiger partial charge on any atom is -0.375 e. The number of anilines is 1. The molecule has 108 valence electrons. The van der Waals surface area contributed by atoms with Crippen molar-refractivity contribution in [3.8, 4) is 5.69 Å². The van der Waals surface area contributed by atoms with Gasteiger partial charge in [-0.15, -0.1) is 16.4 Å². The van der Waals surface area contributed by atoms with Crippen molar-refractivity contribution in [1.29, 1.82) is 0 Å². The number of nitrogens with one attached hydrogen (secondary N) is 1. The van der Waals surface area contributed by atoms with Crippen molar-refractivity contribution in [2.75, 3.05) is 5.32 Å². The summed E-state index contributed by atoms with van der Waals surface area (Å²) in [6, 6.07) is 8.89. The Morgan fingerprint density at radius 1 is 1.29 bits per heavy atom. The lowest BCUT2D eigenvalue weighted by molar-refractivity contribution is 0.626. The molecule has 0 saturated carbocycles. The van der Waals surface area contributed by atoms with Gasteiger partial charge in [0.1, 0.15) is 12.1 Å². The van der Waals surface area contributed by atoms with Crippen molar-refractivity contribution in [2.45, 2.75) is 19.9 Å². The van der Waals surface area contributed by atoms with E-state index in [2.05, 4.69) is 39.9 Å². The van der Waals surface area contributed by atoms with Gasteiger partial charge >= 0.3 is 0 Å². The molecule has 0 fully saturated rings. The average molecular weight is 303 g/mol. The van der Waals surface area contributed by atoms with Crippen molar-refractivity contribution in [3.05, 3.63) is 52.2 Å². The Hall–Kier alpha value is -2.28. The molecule has 0 aliphatic rings. The van der Waals surface area contributed by atoms with Gasteiger partial charge in [0, 0.05) is 9.75 Å². The number of hydrogen-bond donors (Lipinski definition) is 1. The summed E-state index contributed by atoms with van der Waals surface area (Å²) in [5.41, 5.74) is 1.14. The minimum absolute atomic E-state index is 0.0299. The highest BCUT2D eigenvalue weighted by atomic mass is 32.1. The molecule has 0 bridgehead atoms. The summed E-state index contributed by atoms with van der Waals surface area (Å²) in [6.07, 6.45) is 1.48. The largest absolute Gasteiger partial charge is 0.375 e. The van der Waals surface area contributed by atoms with E-state index in [1.54, 1.807) is 23.5 Å². The topological polar surface area (TPSA) is 55.6 Å². The van der Waals surface area contributed by atoms with Crippen LogP contribution in [0.2, 0.25) is 0 Å². The SMILES string of the molecule is Cc1ccc(C(C)Nc2cc(-n3cnnn3)ccc2F)s1. The van der Waals surface area contributed by atoms with Crippen molar-refractivity contribution in [2.24, 2.45) is 0 Å². The zero-order valence-corrected chi connectivity index (χ0v) is 12.4. The van der Waals surface area contributed by atoms with E-state index in [0.717, 1.165) is 0 Å². The van der Waals surface area contributed by atoms with E-state index in [1.807, 2.05) is 6.92 Å². The molecule has 7 heteroatoms. The number of nitrogens with zero attached hydrogens (tertiary/aromatic N) is 4. The van der Waals surface area contributed by atoms with Gasteiger partial charge < -0.3 is 5.32 Å². The van der Waals surface area contributed by atoms with E-state index in [-0.39, 0.29) is 11.9 Å². The number of thiophene rings is 1. The van der Waals surface area contributed by atoms with E-state index < -0.39 is 0 Å². The number of aryl methyl sites for hydroxylation is 1. The van der Waals surface area contributed by atoms with Gasteiger partial charge in [0.05, 0.1) is 17.4 Å². The third-order valence-corrected chi connectivity index (χ3v) is 4.31. The standard InChI is InChI=1S/C14H14FN5S/c1-9-3-6-14(21-9)10(2)17-13-7-11(4-5-12(13)15)20-8-16-18-19-20/h3-8,10,17H,1-2H3. The Labute approximate surface area is 125 Å². The molecule has 0 aliphatic carbocycles. The molecule has 0 saturated heterocycles. The van der Waals surface area contributed by atoms with Crippen molar-refractivity contribution < 1.29 is 4.39 Å². The molecule has 2 heterocycles. The van der Waals surface area contributed by atoms with Gasteiger partial charge in [-0.2, -0.15) is 0 Å². The Morgan fingerprint density at radius 3 is 2.81 bits per heavy atom. The molecule has 0 aliphatic heterocycles. The van der Waals surface area contributed by atoms with Gasteiger partial charge in [-0.1, -0.05) is 0 Å². The molecule has 0 amide bonds. The summed E-state index contributed by atoms with van der Waals surface area (Å²) in [6.45, 7) is 4.06. The average Bonchev–Trinajstić information content (AvgIpc) is 3.12. The van der Waals surface area contributed by atoms with Gasteiger partial charge in [0.2, 0.25) is 0 Å². The Bertz CT molecular complexity index is 738. The lowest BCUT2D eigenvalue weighted by Gasteiger charge is -2.15.